The minimum Gasteiger partial charge on any atom is -0.478 e. The van der Waals surface area contributed by atoms with E-state index in [9.17, 15) is 29.4 Å². The van der Waals surface area contributed by atoms with Crippen LogP contribution >= 0.6 is 0 Å². The number of aryl methyl sites for hydroxylation is 2. The van der Waals surface area contributed by atoms with E-state index in [1.165, 1.54) is 0 Å². The highest BCUT2D eigenvalue weighted by Crippen LogP contribution is 2.34. The molecule has 2 aromatic carbocycles. The molecule has 0 saturated heterocycles. The molecule has 0 spiro atoms. The number of rotatable bonds is 2. The molecule has 0 heterocycles. The van der Waals surface area contributed by atoms with Gasteiger partial charge in [0, 0.05) is 22.3 Å². The molecule has 0 aliphatic heterocycles. The van der Waals surface area contributed by atoms with Crippen molar-refractivity contribution >= 4 is 23.5 Å². The van der Waals surface area contributed by atoms with E-state index >= 15 is 0 Å². The minimum atomic E-state index is -1.47. The number of carbonyl (C=O) groups is 4. The summed E-state index contributed by atoms with van der Waals surface area (Å²) < 4.78 is 0. The molecule has 0 unspecified atom stereocenters. The monoisotopic (exact) mass is 338 g/mol. The first-order valence-corrected chi connectivity index (χ1v) is 7.50. The van der Waals surface area contributed by atoms with Crippen molar-refractivity contribution in [3.05, 3.63) is 68.3 Å². The number of carbonyl (C=O) groups excluding carboxylic acids is 2. The van der Waals surface area contributed by atoms with Crippen LogP contribution in [0.4, 0.5) is 0 Å². The summed E-state index contributed by atoms with van der Waals surface area (Å²) in [6.07, 6.45) is 0. The molecule has 0 bridgehead atoms. The summed E-state index contributed by atoms with van der Waals surface area (Å²) in [6, 6.07) is 3.77. The smallest absolute Gasteiger partial charge is 0.336 e. The summed E-state index contributed by atoms with van der Waals surface area (Å²) in [7, 11) is 0. The van der Waals surface area contributed by atoms with Gasteiger partial charge in [-0.1, -0.05) is 6.07 Å². The fourth-order valence-corrected chi connectivity index (χ4v) is 3.26. The lowest BCUT2D eigenvalue weighted by Crippen LogP contribution is -2.25. The maximum atomic E-state index is 12.9. The van der Waals surface area contributed by atoms with Gasteiger partial charge in [-0.25, -0.2) is 9.59 Å². The molecule has 25 heavy (non-hydrogen) atoms. The molecule has 0 atom stereocenters. The van der Waals surface area contributed by atoms with Gasteiger partial charge < -0.3 is 10.2 Å². The van der Waals surface area contributed by atoms with Crippen LogP contribution in [0.2, 0.25) is 0 Å². The van der Waals surface area contributed by atoms with E-state index < -0.39 is 34.6 Å². The molecule has 2 N–H and O–H groups in total. The van der Waals surface area contributed by atoms with Crippen LogP contribution in [0.5, 0.6) is 0 Å². The Hall–Kier alpha value is -3.28. The Bertz CT molecular complexity index is 1010. The van der Waals surface area contributed by atoms with E-state index in [-0.39, 0.29) is 22.3 Å². The van der Waals surface area contributed by atoms with Gasteiger partial charge in [0.2, 0.25) is 0 Å². The van der Waals surface area contributed by atoms with Crippen LogP contribution in [0.1, 0.15) is 69.2 Å². The zero-order valence-electron chi connectivity index (χ0n) is 13.8. The number of carboxylic acid groups (broad SMARTS) is 2. The van der Waals surface area contributed by atoms with Gasteiger partial charge in [-0.15, -0.1) is 0 Å². The van der Waals surface area contributed by atoms with Gasteiger partial charge in [0.05, 0.1) is 11.1 Å². The first kappa shape index (κ1) is 16.6. The first-order chi connectivity index (χ1) is 11.6. The molecule has 0 saturated carbocycles. The van der Waals surface area contributed by atoms with E-state index in [0.29, 0.717) is 11.1 Å². The topological polar surface area (TPSA) is 109 Å². The van der Waals surface area contributed by atoms with Crippen LogP contribution < -0.4 is 0 Å². The molecule has 0 radical (unpaired) electrons. The van der Waals surface area contributed by atoms with Crippen molar-refractivity contribution < 1.29 is 29.4 Å². The number of ketones is 2. The van der Waals surface area contributed by atoms with Gasteiger partial charge in [0.25, 0.3) is 0 Å². The molecular weight excluding hydrogens is 324 g/mol. The molecular formula is C19H14O6. The van der Waals surface area contributed by atoms with Crippen LogP contribution in [0.3, 0.4) is 0 Å². The Kier molecular flexibility index (Phi) is 3.56. The van der Waals surface area contributed by atoms with Crippen molar-refractivity contribution in [2.75, 3.05) is 0 Å². The zero-order valence-corrected chi connectivity index (χ0v) is 13.8. The highest BCUT2D eigenvalue weighted by Gasteiger charge is 2.35. The minimum absolute atomic E-state index is 0.0759. The Balaban J connectivity index is 2.40. The largest absolute Gasteiger partial charge is 0.478 e. The maximum Gasteiger partial charge on any atom is 0.336 e. The van der Waals surface area contributed by atoms with Crippen LogP contribution in [0, 0.1) is 20.8 Å². The summed E-state index contributed by atoms with van der Waals surface area (Å²) in [5.41, 5.74) is 1.45. The predicted octanol–water partition coefficient (Wildman–Crippen LogP) is 2.78. The van der Waals surface area contributed by atoms with Crippen LogP contribution in [0.25, 0.3) is 0 Å². The van der Waals surface area contributed by atoms with Crippen LogP contribution in [0.15, 0.2) is 18.2 Å². The standard InChI is InChI=1S/C19H14O6/c1-7-4-8(2)14-15(9(7)3)17(21)11-6-13(19(24)25)12(18(22)23)5-10(11)16(14)20/h4-6H,1-3H3,(H,22,23)(H,24,25). The van der Waals surface area contributed by atoms with Crippen molar-refractivity contribution in [3.63, 3.8) is 0 Å². The Labute approximate surface area is 142 Å². The van der Waals surface area contributed by atoms with Gasteiger partial charge >= 0.3 is 11.9 Å². The second-order valence-corrected chi connectivity index (χ2v) is 6.10. The van der Waals surface area contributed by atoms with Gasteiger partial charge in [0.1, 0.15) is 0 Å². The molecule has 6 nitrogen and oxygen atoms in total. The predicted molar refractivity (Wildman–Crippen MR) is 87.9 cm³/mol. The van der Waals surface area contributed by atoms with E-state index in [0.717, 1.165) is 17.7 Å². The van der Waals surface area contributed by atoms with E-state index in [4.69, 9.17) is 0 Å². The van der Waals surface area contributed by atoms with Crippen molar-refractivity contribution in [2.45, 2.75) is 20.8 Å². The number of benzene rings is 2. The molecule has 2 aromatic rings. The van der Waals surface area contributed by atoms with Crippen LogP contribution in [-0.4, -0.2) is 33.7 Å². The lowest BCUT2D eigenvalue weighted by atomic mass is 9.77. The SMILES string of the molecule is Cc1cc(C)c2c(c1C)C(=O)c1cc(C(=O)O)c(C(=O)O)cc1C2=O. The molecule has 0 fully saturated rings. The summed E-state index contributed by atoms with van der Waals surface area (Å²) in [6.45, 7) is 5.27. The lowest BCUT2D eigenvalue weighted by molar-refractivity contribution is 0.0651. The van der Waals surface area contributed by atoms with E-state index in [1.807, 2.05) is 6.92 Å². The van der Waals surface area contributed by atoms with Gasteiger partial charge in [-0.05, 0) is 49.6 Å². The van der Waals surface area contributed by atoms with Crippen LogP contribution in [-0.2, 0) is 0 Å². The molecule has 126 valence electrons. The van der Waals surface area contributed by atoms with Gasteiger partial charge in [-0.2, -0.15) is 0 Å². The van der Waals surface area contributed by atoms with Crippen molar-refractivity contribution in [2.24, 2.45) is 0 Å². The second-order valence-electron chi connectivity index (χ2n) is 6.10. The quantitative estimate of drug-likeness (QED) is 0.744. The fraction of sp³-hybridized carbons (Fsp3) is 0.158. The number of hydrogen-bond donors (Lipinski definition) is 2. The molecule has 1 aliphatic rings. The lowest BCUT2D eigenvalue weighted by Gasteiger charge is -2.23. The van der Waals surface area contributed by atoms with Gasteiger partial charge in [0.15, 0.2) is 11.6 Å². The molecule has 0 amide bonds. The average Bonchev–Trinajstić information content (AvgIpc) is 2.54. The average molecular weight is 338 g/mol. The number of hydrogen-bond acceptors (Lipinski definition) is 4. The summed E-state index contributed by atoms with van der Waals surface area (Å²) in [4.78, 5) is 48.6. The third kappa shape index (κ3) is 2.26. The highest BCUT2D eigenvalue weighted by molar-refractivity contribution is 6.30. The molecule has 6 heteroatoms. The number of aromatic carboxylic acids is 2. The molecule has 3 rings (SSSR count). The highest BCUT2D eigenvalue weighted by atomic mass is 16.4. The third-order valence-electron chi connectivity index (χ3n) is 4.61. The van der Waals surface area contributed by atoms with Crippen molar-refractivity contribution in [1.29, 1.82) is 0 Å². The molecule has 0 aromatic heterocycles. The second kappa shape index (κ2) is 5.37. The van der Waals surface area contributed by atoms with Gasteiger partial charge in [-0.3, -0.25) is 9.59 Å². The zero-order chi connectivity index (χ0) is 18.6. The summed E-state index contributed by atoms with van der Waals surface area (Å²) in [5, 5.41) is 18.5. The Morgan fingerprint density at radius 3 is 1.60 bits per heavy atom. The fourth-order valence-electron chi connectivity index (χ4n) is 3.26. The maximum absolute atomic E-state index is 12.9. The van der Waals surface area contributed by atoms with E-state index in [2.05, 4.69) is 0 Å². The first-order valence-electron chi connectivity index (χ1n) is 7.50. The summed E-state index contributed by atoms with van der Waals surface area (Å²) >= 11 is 0. The Morgan fingerprint density at radius 1 is 0.720 bits per heavy atom. The molecule has 1 aliphatic carbocycles. The third-order valence-corrected chi connectivity index (χ3v) is 4.61. The van der Waals surface area contributed by atoms with Crippen molar-refractivity contribution in [1.82, 2.24) is 0 Å². The normalized spacial score (nSPS) is 12.6. The Morgan fingerprint density at radius 2 is 1.16 bits per heavy atom. The number of fused-ring (bicyclic) bond motifs is 2. The summed E-state index contributed by atoms with van der Waals surface area (Å²) in [5.74, 6) is -3.87. The van der Waals surface area contributed by atoms with E-state index in [1.54, 1.807) is 19.9 Å². The number of carboxylic acids is 2. The van der Waals surface area contributed by atoms with Crippen molar-refractivity contribution in [3.8, 4) is 0 Å².